The number of halogens is 3. The second-order valence-corrected chi connectivity index (χ2v) is 10.3. The van der Waals surface area contributed by atoms with Crippen LogP contribution in [0.1, 0.15) is 32.3 Å². The summed E-state index contributed by atoms with van der Waals surface area (Å²) < 4.78 is 42.5. The lowest BCUT2D eigenvalue weighted by atomic mass is 10.0. The second kappa shape index (κ2) is 13.3. The first kappa shape index (κ1) is 30.3. The van der Waals surface area contributed by atoms with Gasteiger partial charge in [0.05, 0.1) is 11.4 Å². The summed E-state index contributed by atoms with van der Waals surface area (Å²) in [5, 5.41) is 7.32. The number of anilines is 2. The third-order valence-corrected chi connectivity index (χ3v) is 6.65. The van der Waals surface area contributed by atoms with Gasteiger partial charge in [-0.25, -0.2) is 14.5 Å². The fraction of sp³-hybridized carbons (Fsp3) is 0.207. The van der Waals surface area contributed by atoms with Crippen LogP contribution >= 0.6 is 11.8 Å². The van der Waals surface area contributed by atoms with Crippen LogP contribution in [-0.4, -0.2) is 44.5 Å². The van der Waals surface area contributed by atoms with Crippen molar-refractivity contribution in [2.75, 3.05) is 16.0 Å². The largest absolute Gasteiger partial charge is 0.573 e. The number of amides is 3. The number of ether oxygens (including phenoxy) is 1. The van der Waals surface area contributed by atoms with E-state index in [1.54, 1.807) is 30.3 Å². The van der Waals surface area contributed by atoms with Gasteiger partial charge >= 0.3 is 12.4 Å². The third kappa shape index (κ3) is 7.97. The van der Waals surface area contributed by atoms with E-state index in [2.05, 4.69) is 39.0 Å². The van der Waals surface area contributed by atoms with Gasteiger partial charge in [-0.15, -0.1) is 18.3 Å². The van der Waals surface area contributed by atoms with E-state index < -0.39 is 12.4 Å². The Morgan fingerprint density at radius 2 is 1.83 bits per heavy atom. The molecule has 218 valence electrons. The summed E-state index contributed by atoms with van der Waals surface area (Å²) in [6, 6.07) is 18.8. The molecule has 1 heterocycles. The van der Waals surface area contributed by atoms with Gasteiger partial charge in [0, 0.05) is 11.3 Å². The Bertz CT molecular complexity index is 1550. The predicted octanol–water partition coefficient (Wildman–Crippen LogP) is 7.26. The lowest BCUT2D eigenvalue weighted by Gasteiger charge is -2.20. The summed E-state index contributed by atoms with van der Waals surface area (Å²) in [4.78, 5) is 34.6. The molecule has 9 nitrogen and oxygen atoms in total. The highest BCUT2D eigenvalue weighted by molar-refractivity contribution is 8.14. The van der Waals surface area contributed by atoms with Gasteiger partial charge in [0.2, 0.25) is 6.41 Å². The Kier molecular flexibility index (Phi) is 9.63. The molecule has 0 spiro atoms. The zero-order valence-corrected chi connectivity index (χ0v) is 23.7. The van der Waals surface area contributed by atoms with Crippen molar-refractivity contribution in [2.24, 2.45) is 4.99 Å². The van der Waals surface area contributed by atoms with Crippen LogP contribution in [0.4, 0.5) is 29.3 Å². The van der Waals surface area contributed by atoms with Gasteiger partial charge in [0.15, 0.2) is 11.0 Å². The lowest BCUT2D eigenvalue weighted by Crippen LogP contribution is -2.29. The van der Waals surface area contributed by atoms with Crippen LogP contribution < -0.4 is 15.0 Å². The minimum absolute atomic E-state index is 0.246. The van der Waals surface area contributed by atoms with Crippen molar-refractivity contribution in [2.45, 2.75) is 33.1 Å². The number of amidine groups is 1. The number of alkyl halides is 3. The van der Waals surface area contributed by atoms with Gasteiger partial charge < -0.3 is 10.1 Å². The van der Waals surface area contributed by atoms with E-state index in [1.807, 2.05) is 25.1 Å². The molecule has 0 unspecified atom stereocenters. The van der Waals surface area contributed by atoms with E-state index in [1.165, 1.54) is 51.9 Å². The van der Waals surface area contributed by atoms with E-state index >= 15 is 0 Å². The molecule has 0 radical (unpaired) electrons. The molecule has 13 heteroatoms. The van der Waals surface area contributed by atoms with Gasteiger partial charge in [-0.05, 0) is 77.9 Å². The highest BCUT2D eigenvalue weighted by atomic mass is 32.2. The Morgan fingerprint density at radius 3 is 2.45 bits per heavy atom. The molecule has 42 heavy (non-hydrogen) atoms. The van der Waals surface area contributed by atoms with Gasteiger partial charge in [-0.1, -0.05) is 44.7 Å². The third-order valence-electron chi connectivity index (χ3n) is 5.82. The number of hydrogen-bond acceptors (Lipinski definition) is 6. The number of nitrogens with zero attached hydrogens (tertiary/aromatic N) is 5. The number of carbonyl (C=O) groups is 2. The molecule has 4 aromatic rings. The molecule has 0 saturated carbocycles. The maximum Gasteiger partial charge on any atom is 0.573 e. The summed E-state index contributed by atoms with van der Waals surface area (Å²) in [6.45, 7) is 6.01. The van der Waals surface area contributed by atoms with Crippen LogP contribution in [0.25, 0.3) is 17.1 Å². The molecule has 0 bridgehead atoms. The molecular weight excluding hydrogens is 569 g/mol. The first-order valence-corrected chi connectivity index (χ1v) is 13.8. The summed E-state index contributed by atoms with van der Waals surface area (Å²) >= 11 is 1.27. The number of rotatable bonds is 8. The van der Waals surface area contributed by atoms with E-state index in [9.17, 15) is 22.8 Å². The highest BCUT2D eigenvalue weighted by Gasteiger charge is 2.31. The Labute approximate surface area is 244 Å². The highest BCUT2D eigenvalue weighted by Crippen LogP contribution is 2.26. The van der Waals surface area contributed by atoms with E-state index in [4.69, 9.17) is 0 Å². The summed E-state index contributed by atoms with van der Waals surface area (Å²) in [5.74, 6) is 0.892. The van der Waals surface area contributed by atoms with Crippen LogP contribution in [0.5, 0.6) is 5.75 Å². The van der Waals surface area contributed by atoms with Crippen molar-refractivity contribution in [1.82, 2.24) is 14.8 Å². The molecule has 0 aliphatic carbocycles. The fourth-order valence-electron chi connectivity index (χ4n) is 3.80. The zero-order valence-electron chi connectivity index (χ0n) is 22.9. The average molecular weight is 597 g/mol. The van der Waals surface area contributed by atoms with Crippen molar-refractivity contribution >= 4 is 40.7 Å². The molecule has 3 amide bonds. The van der Waals surface area contributed by atoms with Gasteiger partial charge in [-0.2, -0.15) is 4.99 Å². The number of nitrogens with one attached hydrogen (secondary N) is 1. The minimum Gasteiger partial charge on any atom is -0.406 e. The lowest BCUT2D eigenvalue weighted by molar-refractivity contribution is -0.274. The minimum atomic E-state index is -4.77. The van der Waals surface area contributed by atoms with Crippen molar-refractivity contribution in [3.05, 3.63) is 84.7 Å². The Morgan fingerprint density at radius 1 is 1.12 bits per heavy atom. The molecule has 0 atom stereocenters. The second-order valence-electron chi connectivity index (χ2n) is 9.11. The first-order chi connectivity index (χ1) is 20.1. The van der Waals surface area contributed by atoms with Gasteiger partial charge in [-0.3, -0.25) is 9.69 Å². The normalized spacial score (nSPS) is 11.8. The standard InChI is InChI=1S/C29H27F3N6O3S/c1-4-42-28(37(18-39)24-7-5-6-21(16-24)19(2)3)35-27(40)34-22-10-8-20(9-11-22)26-33-17-38(36-26)23-12-14-25(15-13-23)41-29(30,31)32/h5-19H,4H2,1-3H3,(H,34,40)/b35-28-. The summed E-state index contributed by atoms with van der Waals surface area (Å²) in [6.07, 6.45) is -2.70. The van der Waals surface area contributed by atoms with Crippen LogP contribution in [0.15, 0.2) is 84.1 Å². The van der Waals surface area contributed by atoms with Crippen LogP contribution in [-0.2, 0) is 4.79 Å². The molecule has 0 aliphatic rings. The first-order valence-electron chi connectivity index (χ1n) is 12.8. The maximum atomic E-state index is 12.8. The molecule has 3 aromatic carbocycles. The smallest absolute Gasteiger partial charge is 0.406 e. The Hall–Kier alpha value is -4.65. The maximum absolute atomic E-state index is 12.8. The van der Waals surface area contributed by atoms with E-state index in [-0.39, 0.29) is 16.8 Å². The van der Waals surface area contributed by atoms with E-state index in [0.717, 1.165) is 5.56 Å². The SMILES string of the molecule is CCS/C(=N\C(=O)Nc1ccc(-c2ncn(-c3ccc(OC(F)(F)F)cc3)n2)cc1)N(C=O)c1cccc(C(C)C)c1. The summed E-state index contributed by atoms with van der Waals surface area (Å²) in [5.41, 5.74) is 3.27. The average Bonchev–Trinajstić information content (AvgIpc) is 3.44. The molecule has 0 saturated heterocycles. The quantitative estimate of drug-likeness (QED) is 0.131. The molecule has 4 rings (SSSR count). The molecular formula is C29H27F3N6O3S. The Balaban J connectivity index is 1.45. The number of benzene rings is 3. The molecule has 0 aliphatic heterocycles. The van der Waals surface area contributed by atoms with Crippen LogP contribution in [0.2, 0.25) is 0 Å². The van der Waals surface area contributed by atoms with Gasteiger partial charge in [0.25, 0.3) is 0 Å². The predicted molar refractivity (Wildman–Crippen MR) is 157 cm³/mol. The monoisotopic (exact) mass is 596 g/mol. The topological polar surface area (TPSA) is 102 Å². The van der Waals surface area contributed by atoms with Crippen LogP contribution in [0, 0.1) is 0 Å². The van der Waals surface area contributed by atoms with Crippen molar-refractivity contribution in [3.63, 3.8) is 0 Å². The number of aromatic nitrogens is 3. The molecule has 0 fully saturated rings. The van der Waals surface area contributed by atoms with E-state index in [0.29, 0.717) is 40.6 Å². The number of aliphatic imine (C=N–C) groups is 1. The summed E-state index contributed by atoms with van der Waals surface area (Å²) in [7, 11) is 0. The van der Waals surface area contributed by atoms with Gasteiger partial charge in [0.1, 0.15) is 12.1 Å². The zero-order chi connectivity index (χ0) is 30.3. The van der Waals surface area contributed by atoms with Crippen LogP contribution in [0.3, 0.4) is 0 Å². The van der Waals surface area contributed by atoms with Crippen molar-refractivity contribution < 1.29 is 27.5 Å². The molecule has 1 N–H and O–H groups in total. The fourth-order valence-corrected chi connectivity index (χ4v) is 4.49. The number of thioether (sulfide) groups is 1. The molecule has 1 aromatic heterocycles. The van der Waals surface area contributed by atoms with Crippen molar-refractivity contribution in [3.8, 4) is 22.8 Å². The number of carbonyl (C=O) groups excluding carboxylic acids is 2. The van der Waals surface area contributed by atoms with Crippen molar-refractivity contribution in [1.29, 1.82) is 0 Å². The number of hydrogen-bond donors (Lipinski definition) is 1. The number of urea groups is 1.